The van der Waals surface area contributed by atoms with Crippen LogP contribution in [0.5, 0.6) is 0 Å². The monoisotopic (exact) mass is 424 g/mol. The van der Waals surface area contributed by atoms with Crippen LogP contribution in [0.2, 0.25) is 4.34 Å². The zero-order valence-electron chi connectivity index (χ0n) is 15.3. The zero-order valence-corrected chi connectivity index (χ0v) is 16.9. The van der Waals surface area contributed by atoms with E-state index in [4.69, 9.17) is 16.3 Å². The number of Topliss-reactive ketones (excluding diaryl/α,β-unsaturated/α-hetero) is 1. The summed E-state index contributed by atoms with van der Waals surface area (Å²) >= 11 is 7.06. The molecule has 150 valence electrons. The van der Waals surface area contributed by atoms with Gasteiger partial charge in [0, 0.05) is 32.5 Å². The Morgan fingerprint density at radius 3 is 2.50 bits per heavy atom. The van der Waals surface area contributed by atoms with Crippen molar-refractivity contribution >= 4 is 34.6 Å². The Labute approximate surface area is 172 Å². The molecule has 0 spiro atoms. The molecule has 0 saturated carbocycles. The van der Waals surface area contributed by atoms with Crippen LogP contribution in [0, 0.1) is 5.82 Å². The Balaban J connectivity index is 1.55. The second kappa shape index (κ2) is 10.1. The lowest BCUT2D eigenvalue weighted by atomic mass is 10.0. The van der Waals surface area contributed by atoms with E-state index in [1.165, 1.54) is 23.5 Å². The summed E-state index contributed by atoms with van der Waals surface area (Å²) in [6.45, 7) is 3.14. The van der Waals surface area contributed by atoms with Crippen LogP contribution in [0.3, 0.4) is 0 Å². The van der Waals surface area contributed by atoms with Crippen molar-refractivity contribution in [3.05, 3.63) is 57.0 Å². The second-order valence-electron chi connectivity index (χ2n) is 6.55. The third-order valence-electron chi connectivity index (χ3n) is 4.66. The van der Waals surface area contributed by atoms with Crippen molar-refractivity contribution < 1.29 is 18.7 Å². The van der Waals surface area contributed by atoms with Crippen molar-refractivity contribution in [3.63, 3.8) is 0 Å². The van der Waals surface area contributed by atoms with Crippen LogP contribution in [0.1, 0.15) is 34.1 Å². The summed E-state index contributed by atoms with van der Waals surface area (Å²) < 4.78 is 19.2. The molecule has 1 aliphatic heterocycles. The van der Waals surface area contributed by atoms with Crippen LogP contribution < -0.4 is 5.32 Å². The van der Waals surface area contributed by atoms with E-state index in [2.05, 4.69) is 10.2 Å². The Morgan fingerprint density at radius 1 is 1.14 bits per heavy atom. The van der Waals surface area contributed by atoms with E-state index >= 15 is 0 Å². The minimum atomic E-state index is -0.291. The van der Waals surface area contributed by atoms with Crippen LogP contribution in [-0.2, 0) is 9.53 Å². The molecule has 2 heterocycles. The lowest BCUT2D eigenvalue weighted by Crippen LogP contribution is -2.43. The number of hydrogen-bond acceptors (Lipinski definition) is 5. The first-order valence-electron chi connectivity index (χ1n) is 9.15. The quantitative estimate of drug-likeness (QED) is 0.656. The molecule has 1 N–H and O–H groups in total. The fourth-order valence-electron chi connectivity index (χ4n) is 3.15. The highest BCUT2D eigenvalue weighted by Crippen LogP contribution is 2.23. The number of thiophene rings is 1. The first-order valence-corrected chi connectivity index (χ1v) is 10.3. The van der Waals surface area contributed by atoms with Gasteiger partial charge in [0.2, 0.25) is 5.91 Å². The molecule has 1 amide bonds. The molecule has 5 nitrogen and oxygen atoms in total. The molecule has 1 aliphatic rings. The van der Waals surface area contributed by atoms with E-state index in [1.807, 2.05) is 0 Å². The summed E-state index contributed by atoms with van der Waals surface area (Å²) in [5.74, 6) is -0.563. The van der Waals surface area contributed by atoms with Gasteiger partial charge in [-0.15, -0.1) is 11.3 Å². The fourth-order valence-corrected chi connectivity index (χ4v) is 4.16. The van der Waals surface area contributed by atoms with Crippen LogP contribution >= 0.6 is 22.9 Å². The van der Waals surface area contributed by atoms with E-state index in [0.717, 1.165) is 18.7 Å². The summed E-state index contributed by atoms with van der Waals surface area (Å²) in [6.07, 6.45) is 0.259. The average Bonchev–Trinajstić information content (AvgIpc) is 3.15. The maximum absolute atomic E-state index is 13.3. The first-order chi connectivity index (χ1) is 13.5. The smallest absolute Gasteiger partial charge is 0.220 e. The van der Waals surface area contributed by atoms with E-state index in [-0.39, 0.29) is 36.4 Å². The van der Waals surface area contributed by atoms with E-state index < -0.39 is 0 Å². The summed E-state index contributed by atoms with van der Waals surface area (Å²) in [5, 5.41) is 2.92. The van der Waals surface area contributed by atoms with Gasteiger partial charge in [-0.1, -0.05) is 23.7 Å². The van der Waals surface area contributed by atoms with Crippen molar-refractivity contribution in [2.24, 2.45) is 0 Å². The Bertz CT molecular complexity index is 806. The topological polar surface area (TPSA) is 58.6 Å². The SMILES string of the molecule is O=C(CCC(=O)c1ccc(Cl)s1)NCC(c1ccc(F)cc1)N1CCOCC1. The highest BCUT2D eigenvalue weighted by atomic mass is 35.5. The van der Waals surface area contributed by atoms with Crippen molar-refractivity contribution in [2.45, 2.75) is 18.9 Å². The molecule has 2 aromatic rings. The molecule has 1 aromatic carbocycles. The van der Waals surface area contributed by atoms with Crippen LogP contribution in [0.4, 0.5) is 4.39 Å². The van der Waals surface area contributed by atoms with Crippen LogP contribution in [-0.4, -0.2) is 49.4 Å². The molecule has 1 fully saturated rings. The third-order valence-corrected chi connectivity index (χ3v) is 5.93. The number of morpholine rings is 1. The number of ether oxygens (including phenoxy) is 1. The molecule has 1 saturated heterocycles. The Kier molecular flexibility index (Phi) is 7.56. The van der Waals surface area contributed by atoms with Gasteiger partial charge in [0.1, 0.15) is 5.82 Å². The Morgan fingerprint density at radius 2 is 1.86 bits per heavy atom. The first kappa shape index (κ1) is 20.9. The van der Waals surface area contributed by atoms with Gasteiger partial charge in [0.25, 0.3) is 0 Å². The molecule has 1 aromatic heterocycles. The molecule has 3 rings (SSSR count). The number of rotatable bonds is 8. The van der Waals surface area contributed by atoms with E-state index in [1.54, 1.807) is 24.3 Å². The summed E-state index contributed by atoms with van der Waals surface area (Å²) in [6, 6.07) is 9.62. The number of hydrogen-bond donors (Lipinski definition) is 1. The highest BCUT2D eigenvalue weighted by molar-refractivity contribution is 7.18. The Hall–Kier alpha value is -1.80. The molecule has 1 unspecified atom stereocenters. The minimum Gasteiger partial charge on any atom is -0.379 e. The number of amides is 1. The summed E-state index contributed by atoms with van der Waals surface area (Å²) in [7, 11) is 0. The number of halogens is 2. The predicted octanol–water partition coefficient (Wildman–Crippen LogP) is 3.69. The van der Waals surface area contributed by atoms with Crippen molar-refractivity contribution in [2.75, 3.05) is 32.8 Å². The maximum Gasteiger partial charge on any atom is 0.220 e. The molecule has 8 heteroatoms. The largest absolute Gasteiger partial charge is 0.379 e. The van der Waals surface area contributed by atoms with Gasteiger partial charge in [-0.3, -0.25) is 14.5 Å². The van der Waals surface area contributed by atoms with Gasteiger partial charge in [0.15, 0.2) is 5.78 Å². The minimum absolute atomic E-state index is 0.0692. The molecular formula is C20H22ClFN2O3S. The number of carbonyl (C=O) groups excluding carboxylic acids is 2. The molecule has 0 aliphatic carbocycles. The number of nitrogens with zero attached hydrogens (tertiary/aromatic N) is 1. The molecular weight excluding hydrogens is 403 g/mol. The van der Waals surface area contributed by atoms with Crippen molar-refractivity contribution in [3.8, 4) is 0 Å². The summed E-state index contributed by atoms with van der Waals surface area (Å²) in [4.78, 5) is 27.2. The molecule has 1 atom stereocenters. The predicted molar refractivity (Wildman–Crippen MR) is 107 cm³/mol. The van der Waals surface area contributed by atoms with Crippen LogP contribution in [0.25, 0.3) is 0 Å². The van der Waals surface area contributed by atoms with E-state index in [9.17, 15) is 14.0 Å². The number of benzene rings is 1. The highest BCUT2D eigenvalue weighted by Gasteiger charge is 2.23. The zero-order chi connectivity index (χ0) is 19.9. The molecule has 0 radical (unpaired) electrons. The lowest BCUT2D eigenvalue weighted by Gasteiger charge is -2.35. The lowest BCUT2D eigenvalue weighted by molar-refractivity contribution is -0.121. The third kappa shape index (κ3) is 5.85. The second-order valence-corrected chi connectivity index (χ2v) is 8.26. The molecule has 0 bridgehead atoms. The number of nitrogens with one attached hydrogen (secondary N) is 1. The fraction of sp³-hybridized carbons (Fsp3) is 0.400. The maximum atomic E-state index is 13.3. The normalized spacial score (nSPS) is 15.9. The summed E-state index contributed by atoms with van der Waals surface area (Å²) in [5.41, 5.74) is 0.938. The average molecular weight is 425 g/mol. The van der Waals surface area contributed by atoms with Crippen molar-refractivity contribution in [1.82, 2.24) is 10.2 Å². The van der Waals surface area contributed by atoms with Crippen molar-refractivity contribution in [1.29, 1.82) is 0 Å². The van der Waals surface area contributed by atoms with Gasteiger partial charge in [0.05, 0.1) is 28.5 Å². The van der Waals surface area contributed by atoms with Gasteiger partial charge in [-0.05, 0) is 29.8 Å². The standard InChI is InChI=1S/C20H22ClFN2O3S/c21-19-7-6-18(28-19)17(25)5-8-20(26)23-13-16(24-9-11-27-12-10-24)14-1-3-15(22)4-2-14/h1-4,6-7,16H,5,8-13H2,(H,23,26). The van der Waals surface area contributed by atoms with E-state index in [0.29, 0.717) is 29.0 Å². The number of carbonyl (C=O) groups is 2. The van der Waals surface area contributed by atoms with Gasteiger partial charge >= 0.3 is 0 Å². The number of ketones is 1. The van der Waals surface area contributed by atoms with Gasteiger partial charge < -0.3 is 10.1 Å². The molecule has 28 heavy (non-hydrogen) atoms. The van der Waals surface area contributed by atoms with Gasteiger partial charge in [-0.25, -0.2) is 4.39 Å². The van der Waals surface area contributed by atoms with Crippen LogP contribution in [0.15, 0.2) is 36.4 Å². The van der Waals surface area contributed by atoms with Gasteiger partial charge in [-0.2, -0.15) is 0 Å².